The second-order valence-corrected chi connectivity index (χ2v) is 8.46. The number of carbonyl (C=O) groups is 2. The summed E-state index contributed by atoms with van der Waals surface area (Å²) in [6.07, 6.45) is 1.55. The van der Waals surface area contributed by atoms with Crippen molar-refractivity contribution in [1.29, 1.82) is 0 Å². The highest BCUT2D eigenvalue weighted by Crippen LogP contribution is 2.32. The molecule has 1 aliphatic carbocycles. The SMILES string of the molecule is CNC(=O)[C@H]1O[C@@H](n2cnc3c(N)nc(C#CCN(C(=O)c4ncco4)C4CCC4)nc32)[C@H](O)C1O. The molecule has 0 aromatic carbocycles. The summed E-state index contributed by atoms with van der Waals surface area (Å²) in [6, 6.07) is 0.0503. The number of carbonyl (C=O) groups excluding carboxylic acids is 2. The molecule has 2 aliphatic rings. The van der Waals surface area contributed by atoms with E-state index in [9.17, 15) is 19.8 Å². The predicted molar refractivity (Wildman–Crippen MR) is 122 cm³/mol. The van der Waals surface area contributed by atoms with E-state index in [-0.39, 0.29) is 47.2 Å². The van der Waals surface area contributed by atoms with Crippen LogP contribution in [0.25, 0.3) is 11.2 Å². The zero-order valence-electron chi connectivity index (χ0n) is 19.2. The smallest absolute Gasteiger partial charge is 0.310 e. The molecule has 5 N–H and O–H groups in total. The maximum atomic E-state index is 12.8. The number of rotatable bonds is 5. The highest BCUT2D eigenvalue weighted by molar-refractivity contribution is 5.90. The van der Waals surface area contributed by atoms with Gasteiger partial charge >= 0.3 is 5.91 Å². The van der Waals surface area contributed by atoms with Crippen LogP contribution in [0.2, 0.25) is 0 Å². The number of nitrogens with two attached hydrogens (primary N) is 1. The number of hydrogen-bond acceptors (Lipinski definition) is 11. The zero-order chi connectivity index (χ0) is 25.4. The standard InChI is InChI=1S/C22H24N8O6/c1-24-19(33)16-14(31)15(32)22(36-16)30-10-26-13-17(23)27-12(28-18(13)30)6-3-8-29(11-4-2-5-11)21(34)20-25-7-9-35-20/h7,9-11,14-16,22,31-32H,2,4-5,8H2,1H3,(H,24,33)(H2,23,27,28)/t14?,15-,16+,22-/m1/s1. The molecule has 3 aromatic heterocycles. The Hall–Kier alpha value is -4.06. The number of ether oxygens (including phenoxy) is 1. The van der Waals surface area contributed by atoms with Crippen LogP contribution in [0.4, 0.5) is 5.82 Å². The van der Waals surface area contributed by atoms with E-state index < -0.39 is 30.4 Å². The number of likely N-dealkylation sites (N-methyl/N-ethyl adjacent to an activating group) is 1. The van der Waals surface area contributed by atoms with E-state index in [0.29, 0.717) is 0 Å². The summed E-state index contributed by atoms with van der Waals surface area (Å²) in [7, 11) is 1.40. The van der Waals surface area contributed by atoms with Crippen LogP contribution in [0.5, 0.6) is 0 Å². The number of aliphatic hydroxyl groups excluding tert-OH is 2. The maximum absolute atomic E-state index is 12.8. The molecule has 3 aromatic rings. The van der Waals surface area contributed by atoms with Gasteiger partial charge in [0.15, 0.2) is 23.8 Å². The Labute approximate surface area is 204 Å². The number of hydrogen-bond donors (Lipinski definition) is 4. The summed E-state index contributed by atoms with van der Waals surface area (Å²) in [5, 5.41) is 23.2. The Morgan fingerprint density at radius 3 is 2.75 bits per heavy atom. The molecule has 14 heteroatoms. The van der Waals surface area contributed by atoms with Crippen LogP contribution in [0.3, 0.4) is 0 Å². The van der Waals surface area contributed by atoms with Gasteiger partial charge in [-0.1, -0.05) is 5.92 Å². The van der Waals surface area contributed by atoms with E-state index in [1.807, 2.05) is 0 Å². The van der Waals surface area contributed by atoms with Crippen LogP contribution in [-0.4, -0.2) is 89.4 Å². The highest BCUT2D eigenvalue weighted by atomic mass is 16.6. The van der Waals surface area contributed by atoms with Crippen LogP contribution < -0.4 is 11.1 Å². The molecule has 0 bridgehead atoms. The Morgan fingerprint density at radius 1 is 1.28 bits per heavy atom. The highest BCUT2D eigenvalue weighted by Gasteiger charge is 2.47. The van der Waals surface area contributed by atoms with E-state index in [4.69, 9.17) is 14.9 Å². The van der Waals surface area contributed by atoms with Crippen molar-refractivity contribution < 1.29 is 29.0 Å². The predicted octanol–water partition coefficient (Wildman–Crippen LogP) is -1.19. The quantitative estimate of drug-likeness (QED) is 0.310. The molecule has 4 heterocycles. The fraction of sp³-hybridized carbons (Fsp3) is 0.455. The van der Waals surface area contributed by atoms with Gasteiger partial charge < -0.3 is 35.3 Å². The van der Waals surface area contributed by atoms with Gasteiger partial charge in [-0.25, -0.2) is 19.9 Å². The molecule has 14 nitrogen and oxygen atoms in total. The molecule has 2 fully saturated rings. The molecule has 2 amide bonds. The fourth-order valence-corrected chi connectivity index (χ4v) is 4.15. The number of nitrogens with zero attached hydrogens (tertiary/aromatic N) is 6. The molecule has 1 saturated heterocycles. The van der Waals surface area contributed by atoms with E-state index in [1.165, 1.54) is 30.4 Å². The van der Waals surface area contributed by atoms with E-state index in [1.54, 1.807) is 4.90 Å². The van der Waals surface area contributed by atoms with Crippen molar-refractivity contribution in [3.05, 3.63) is 30.5 Å². The molecular weight excluding hydrogens is 472 g/mol. The van der Waals surface area contributed by atoms with Gasteiger partial charge in [0.25, 0.3) is 11.8 Å². The van der Waals surface area contributed by atoms with Gasteiger partial charge in [-0.15, -0.1) is 0 Å². The van der Waals surface area contributed by atoms with Gasteiger partial charge in [0.05, 0.1) is 19.1 Å². The second-order valence-electron chi connectivity index (χ2n) is 8.46. The van der Waals surface area contributed by atoms with Gasteiger partial charge in [-0.05, 0) is 25.2 Å². The van der Waals surface area contributed by atoms with Crippen LogP contribution in [0.15, 0.2) is 23.2 Å². The van der Waals surface area contributed by atoms with Gasteiger partial charge in [0, 0.05) is 13.1 Å². The number of imidazole rings is 1. The number of fused-ring (bicyclic) bond motifs is 1. The molecule has 188 valence electrons. The van der Waals surface area contributed by atoms with Crippen molar-refractivity contribution in [3.63, 3.8) is 0 Å². The molecule has 1 unspecified atom stereocenters. The first-order valence-electron chi connectivity index (χ1n) is 11.3. The summed E-state index contributed by atoms with van der Waals surface area (Å²) in [5.74, 6) is 4.93. The van der Waals surface area contributed by atoms with Gasteiger partial charge in [0.1, 0.15) is 24.0 Å². The lowest BCUT2D eigenvalue weighted by atomic mass is 9.91. The van der Waals surface area contributed by atoms with Crippen molar-refractivity contribution in [2.75, 3.05) is 19.3 Å². The van der Waals surface area contributed by atoms with Crippen molar-refractivity contribution in [1.82, 2.24) is 34.7 Å². The zero-order valence-corrected chi connectivity index (χ0v) is 19.2. The second kappa shape index (κ2) is 9.53. The monoisotopic (exact) mass is 496 g/mol. The van der Waals surface area contributed by atoms with Crippen molar-refractivity contribution in [2.45, 2.75) is 49.8 Å². The minimum absolute atomic E-state index is 0.00174. The lowest BCUT2D eigenvalue weighted by molar-refractivity contribution is -0.137. The van der Waals surface area contributed by atoms with Crippen molar-refractivity contribution >= 4 is 28.8 Å². The largest absolute Gasteiger partial charge is 0.441 e. The van der Waals surface area contributed by atoms with Crippen LogP contribution in [-0.2, 0) is 9.53 Å². The van der Waals surface area contributed by atoms with Crippen molar-refractivity contribution in [2.24, 2.45) is 0 Å². The Morgan fingerprint density at radius 2 is 2.08 bits per heavy atom. The summed E-state index contributed by atoms with van der Waals surface area (Å²) in [6.45, 7) is 0.108. The van der Waals surface area contributed by atoms with Crippen molar-refractivity contribution in [3.8, 4) is 11.8 Å². The number of oxazole rings is 1. The Bertz CT molecular complexity index is 1340. The normalized spacial score (nSPS) is 23.6. The van der Waals surface area contributed by atoms with Crippen LogP contribution in [0.1, 0.15) is 42.0 Å². The first kappa shape index (κ1) is 23.7. The van der Waals surface area contributed by atoms with Crippen LogP contribution >= 0.6 is 0 Å². The lowest BCUT2D eigenvalue weighted by Crippen LogP contribution is -2.44. The maximum Gasteiger partial charge on any atom is 0.310 e. The number of nitrogen functional groups attached to an aromatic ring is 1. The summed E-state index contributed by atoms with van der Waals surface area (Å²) >= 11 is 0. The molecule has 36 heavy (non-hydrogen) atoms. The summed E-state index contributed by atoms with van der Waals surface area (Å²) in [4.78, 5) is 43.0. The average molecular weight is 496 g/mol. The minimum atomic E-state index is -1.45. The lowest BCUT2D eigenvalue weighted by Gasteiger charge is -2.35. The van der Waals surface area contributed by atoms with Gasteiger partial charge in [0.2, 0.25) is 5.82 Å². The molecule has 4 atom stereocenters. The fourth-order valence-electron chi connectivity index (χ4n) is 4.15. The number of aliphatic hydroxyl groups is 2. The van der Waals surface area contributed by atoms with E-state index >= 15 is 0 Å². The third kappa shape index (κ3) is 4.13. The number of anilines is 1. The number of aromatic nitrogens is 5. The Kier molecular flexibility index (Phi) is 6.27. The molecule has 5 rings (SSSR count). The molecule has 1 aliphatic heterocycles. The molecule has 0 radical (unpaired) electrons. The number of amides is 2. The topological polar surface area (TPSA) is 195 Å². The number of nitrogens with one attached hydrogen (secondary N) is 1. The summed E-state index contributed by atoms with van der Waals surface area (Å²) < 4.78 is 12.1. The van der Waals surface area contributed by atoms with Crippen LogP contribution in [0, 0.1) is 11.8 Å². The van der Waals surface area contributed by atoms with Gasteiger partial charge in [-0.2, -0.15) is 0 Å². The minimum Gasteiger partial charge on any atom is -0.441 e. The first-order valence-corrected chi connectivity index (χ1v) is 11.3. The first-order chi connectivity index (χ1) is 17.4. The molecular formula is C22H24N8O6. The van der Waals surface area contributed by atoms with E-state index in [2.05, 4.69) is 37.1 Å². The van der Waals surface area contributed by atoms with Gasteiger partial charge in [-0.3, -0.25) is 14.2 Å². The molecule has 1 saturated carbocycles. The molecule has 0 spiro atoms. The summed E-state index contributed by atoms with van der Waals surface area (Å²) in [5.41, 5.74) is 6.50. The third-order valence-electron chi connectivity index (χ3n) is 6.31. The Balaban J connectivity index is 1.41. The average Bonchev–Trinajstić information content (AvgIpc) is 3.57. The van der Waals surface area contributed by atoms with E-state index in [0.717, 1.165) is 19.3 Å². The third-order valence-corrected chi connectivity index (χ3v) is 6.31.